The fraction of sp³-hybridized carbons (Fsp3) is 0.467. The Morgan fingerprint density at radius 2 is 2.40 bits per heavy atom. The second kappa shape index (κ2) is 6.78. The van der Waals surface area contributed by atoms with E-state index in [4.69, 9.17) is 4.74 Å². The Balaban J connectivity index is 2.12. The average molecular weight is 290 g/mol. The van der Waals surface area contributed by atoms with Gasteiger partial charge in [-0.3, -0.25) is 4.79 Å². The van der Waals surface area contributed by atoms with Crippen molar-refractivity contribution < 1.29 is 9.53 Å². The summed E-state index contributed by atoms with van der Waals surface area (Å²) in [6.45, 7) is 3.11. The lowest BCUT2D eigenvalue weighted by Crippen LogP contribution is -2.39. The number of aryl methyl sites for hydroxylation is 1. The van der Waals surface area contributed by atoms with Crippen LogP contribution in [0.5, 0.6) is 0 Å². The molecule has 0 spiro atoms. The standard InChI is InChI=1S/C15H18N2O2S/c1-10-3-4-12(20-2)7-13(10)15(18)17-14(8-16)11-5-6-19-9-11/h3-4,7,11,14H,5-6,9H2,1-2H3,(H,17,18). The molecule has 106 valence electrons. The molecule has 1 N–H and O–H groups in total. The van der Waals surface area contributed by atoms with Crippen LogP contribution in [0.25, 0.3) is 0 Å². The highest BCUT2D eigenvalue weighted by molar-refractivity contribution is 7.98. The van der Waals surface area contributed by atoms with E-state index in [1.165, 1.54) is 0 Å². The van der Waals surface area contributed by atoms with Gasteiger partial charge in [-0.1, -0.05) is 6.07 Å². The van der Waals surface area contributed by atoms with Crippen LogP contribution in [0.1, 0.15) is 22.3 Å². The largest absolute Gasteiger partial charge is 0.381 e. The number of thioether (sulfide) groups is 1. The highest BCUT2D eigenvalue weighted by atomic mass is 32.2. The van der Waals surface area contributed by atoms with Gasteiger partial charge in [-0.2, -0.15) is 5.26 Å². The lowest BCUT2D eigenvalue weighted by molar-refractivity contribution is 0.0930. The van der Waals surface area contributed by atoms with E-state index in [1.54, 1.807) is 11.8 Å². The summed E-state index contributed by atoms with van der Waals surface area (Å²) < 4.78 is 5.28. The molecule has 1 heterocycles. The lowest BCUT2D eigenvalue weighted by Gasteiger charge is -2.17. The van der Waals surface area contributed by atoms with Crippen LogP contribution >= 0.6 is 11.8 Å². The van der Waals surface area contributed by atoms with Gasteiger partial charge in [0.25, 0.3) is 5.91 Å². The highest BCUT2D eigenvalue weighted by Gasteiger charge is 2.27. The van der Waals surface area contributed by atoms with Gasteiger partial charge in [0, 0.05) is 23.0 Å². The fourth-order valence-corrected chi connectivity index (χ4v) is 2.70. The molecular formula is C15H18N2O2S. The topological polar surface area (TPSA) is 62.1 Å². The quantitative estimate of drug-likeness (QED) is 0.865. The number of hydrogen-bond donors (Lipinski definition) is 1. The number of nitrogens with zero attached hydrogens (tertiary/aromatic N) is 1. The van der Waals surface area contributed by atoms with Crippen molar-refractivity contribution in [2.75, 3.05) is 19.5 Å². The van der Waals surface area contributed by atoms with Crippen LogP contribution in [0.15, 0.2) is 23.1 Å². The number of ether oxygens (including phenoxy) is 1. The van der Waals surface area contributed by atoms with Gasteiger partial charge in [0.05, 0.1) is 12.7 Å². The number of carbonyl (C=O) groups excluding carboxylic acids is 1. The molecule has 1 aromatic carbocycles. The minimum atomic E-state index is -0.484. The molecule has 1 amide bonds. The predicted octanol–water partition coefficient (Wildman–Crippen LogP) is 2.38. The second-order valence-electron chi connectivity index (χ2n) is 4.88. The molecule has 1 aliphatic heterocycles. The first-order chi connectivity index (χ1) is 9.65. The summed E-state index contributed by atoms with van der Waals surface area (Å²) in [4.78, 5) is 13.4. The maximum atomic E-state index is 12.3. The van der Waals surface area contributed by atoms with Gasteiger partial charge < -0.3 is 10.1 Å². The van der Waals surface area contributed by atoms with Crippen LogP contribution in [0.4, 0.5) is 0 Å². The number of nitrogens with one attached hydrogen (secondary N) is 1. The van der Waals surface area contributed by atoms with Gasteiger partial charge in [0.1, 0.15) is 6.04 Å². The maximum absolute atomic E-state index is 12.3. The zero-order valence-electron chi connectivity index (χ0n) is 11.7. The molecule has 20 heavy (non-hydrogen) atoms. The molecule has 0 saturated carbocycles. The Labute approximate surface area is 123 Å². The fourth-order valence-electron chi connectivity index (χ4n) is 2.26. The van der Waals surface area contributed by atoms with E-state index in [9.17, 15) is 10.1 Å². The van der Waals surface area contributed by atoms with Gasteiger partial charge >= 0.3 is 0 Å². The van der Waals surface area contributed by atoms with Crippen LogP contribution in [0.2, 0.25) is 0 Å². The maximum Gasteiger partial charge on any atom is 0.252 e. The van der Waals surface area contributed by atoms with Gasteiger partial charge in [0.15, 0.2) is 0 Å². The molecule has 2 unspecified atom stereocenters. The number of rotatable bonds is 4. The molecule has 5 heteroatoms. The number of nitriles is 1. The smallest absolute Gasteiger partial charge is 0.252 e. The summed E-state index contributed by atoms with van der Waals surface area (Å²) >= 11 is 1.59. The third-order valence-corrected chi connectivity index (χ3v) is 4.28. The number of benzene rings is 1. The van der Waals surface area contributed by atoms with E-state index in [0.29, 0.717) is 18.8 Å². The molecule has 1 aliphatic rings. The van der Waals surface area contributed by atoms with Crippen LogP contribution < -0.4 is 5.32 Å². The van der Waals surface area contributed by atoms with E-state index in [0.717, 1.165) is 16.9 Å². The van der Waals surface area contributed by atoms with E-state index in [-0.39, 0.29) is 11.8 Å². The van der Waals surface area contributed by atoms with Crippen molar-refractivity contribution in [1.29, 1.82) is 5.26 Å². The molecule has 0 bridgehead atoms. The molecule has 0 aromatic heterocycles. The number of amides is 1. The van der Waals surface area contributed by atoms with Crippen molar-refractivity contribution in [3.63, 3.8) is 0 Å². The Kier molecular flexibility index (Phi) is 5.05. The van der Waals surface area contributed by atoms with E-state index in [2.05, 4.69) is 11.4 Å². The molecule has 1 saturated heterocycles. The van der Waals surface area contributed by atoms with Gasteiger partial charge in [0.2, 0.25) is 0 Å². The SMILES string of the molecule is CSc1ccc(C)c(C(=O)NC(C#N)C2CCOC2)c1. The third kappa shape index (κ3) is 3.33. The minimum Gasteiger partial charge on any atom is -0.381 e. The lowest BCUT2D eigenvalue weighted by atomic mass is 9.99. The van der Waals surface area contributed by atoms with Crippen molar-refractivity contribution in [3.05, 3.63) is 29.3 Å². The van der Waals surface area contributed by atoms with Crippen LogP contribution in [-0.2, 0) is 4.74 Å². The average Bonchev–Trinajstić information content (AvgIpc) is 2.99. The second-order valence-corrected chi connectivity index (χ2v) is 5.76. The predicted molar refractivity (Wildman–Crippen MR) is 78.8 cm³/mol. The molecule has 0 aliphatic carbocycles. The zero-order chi connectivity index (χ0) is 14.5. The normalized spacial score (nSPS) is 19.4. The third-order valence-electron chi connectivity index (χ3n) is 3.55. The Hall–Kier alpha value is -1.51. The van der Waals surface area contributed by atoms with Crippen LogP contribution in [0.3, 0.4) is 0 Å². The highest BCUT2D eigenvalue weighted by Crippen LogP contribution is 2.20. The summed E-state index contributed by atoms with van der Waals surface area (Å²) in [7, 11) is 0. The van der Waals surface area contributed by atoms with Gasteiger partial charge in [-0.25, -0.2) is 0 Å². The van der Waals surface area contributed by atoms with Crippen molar-refractivity contribution >= 4 is 17.7 Å². The van der Waals surface area contributed by atoms with Gasteiger partial charge in [-0.05, 0) is 37.3 Å². The summed E-state index contributed by atoms with van der Waals surface area (Å²) in [5.41, 5.74) is 1.55. The molecular weight excluding hydrogens is 272 g/mol. The Morgan fingerprint density at radius 1 is 1.60 bits per heavy atom. The summed E-state index contributed by atoms with van der Waals surface area (Å²) in [6.07, 6.45) is 2.79. The Morgan fingerprint density at radius 3 is 3.00 bits per heavy atom. The molecule has 0 radical (unpaired) electrons. The summed E-state index contributed by atoms with van der Waals surface area (Å²) in [5.74, 6) is -0.0927. The molecule has 4 nitrogen and oxygen atoms in total. The van der Waals surface area contributed by atoms with Gasteiger partial charge in [-0.15, -0.1) is 11.8 Å². The van der Waals surface area contributed by atoms with E-state index in [1.807, 2.05) is 31.4 Å². The van der Waals surface area contributed by atoms with Crippen LogP contribution in [0, 0.1) is 24.2 Å². The first kappa shape index (κ1) is 14.9. The number of hydrogen-bond acceptors (Lipinski definition) is 4. The van der Waals surface area contributed by atoms with Crippen molar-refractivity contribution in [3.8, 4) is 6.07 Å². The Bertz CT molecular complexity index is 533. The summed E-state index contributed by atoms with van der Waals surface area (Å²) in [5, 5.41) is 12.1. The zero-order valence-corrected chi connectivity index (χ0v) is 12.5. The van der Waals surface area contributed by atoms with E-state index < -0.39 is 6.04 Å². The van der Waals surface area contributed by atoms with Crippen molar-refractivity contribution in [1.82, 2.24) is 5.32 Å². The van der Waals surface area contributed by atoms with Crippen molar-refractivity contribution in [2.24, 2.45) is 5.92 Å². The van der Waals surface area contributed by atoms with Crippen LogP contribution in [-0.4, -0.2) is 31.4 Å². The van der Waals surface area contributed by atoms with Crippen molar-refractivity contribution in [2.45, 2.75) is 24.3 Å². The minimum absolute atomic E-state index is 0.0907. The van der Waals surface area contributed by atoms with E-state index >= 15 is 0 Å². The first-order valence-electron chi connectivity index (χ1n) is 6.58. The molecule has 1 fully saturated rings. The molecule has 2 atom stereocenters. The first-order valence-corrected chi connectivity index (χ1v) is 7.81. The monoisotopic (exact) mass is 290 g/mol. The number of carbonyl (C=O) groups is 1. The summed E-state index contributed by atoms with van der Waals surface area (Å²) in [6, 6.07) is 7.48. The molecule has 2 rings (SSSR count). The molecule has 1 aromatic rings.